The summed E-state index contributed by atoms with van der Waals surface area (Å²) < 4.78 is 0. The fourth-order valence-corrected chi connectivity index (χ4v) is 1.90. The van der Waals surface area contributed by atoms with Crippen molar-refractivity contribution >= 4 is 0 Å². The van der Waals surface area contributed by atoms with Crippen LogP contribution >= 0.6 is 0 Å². The van der Waals surface area contributed by atoms with E-state index in [2.05, 4.69) is 44.8 Å². The normalized spacial score (nSPS) is 13.3. The molecule has 3 heteroatoms. The minimum Gasteiger partial charge on any atom is -0.179 e. The minimum absolute atomic E-state index is 0.00174. The van der Waals surface area contributed by atoms with Gasteiger partial charge in [0.1, 0.15) is 0 Å². The van der Waals surface area contributed by atoms with E-state index in [0.29, 0.717) is 5.41 Å². The Morgan fingerprint density at radius 2 is 1.46 bits per heavy atom. The average molecular weight is 181 g/mol. The lowest BCUT2D eigenvalue weighted by molar-refractivity contribution is 0.179. The summed E-state index contributed by atoms with van der Waals surface area (Å²) in [7, 11) is 0. The Kier molecular flexibility index (Phi) is 2.46. The highest BCUT2D eigenvalue weighted by atomic mass is 15.5. The number of aromatic nitrogens is 3. The van der Waals surface area contributed by atoms with Gasteiger partial charge in [-0.25, -0.2) is 0 Å². The van der Waals surface area contributed by atoms with Gasteiger partial charge in [0.2, 0.25) is 0 Å². The molecule has 1 rings (SSSR count). The van der Waals surface area contributed by atoms with E-state index in [1.807, 2.05) is 0 Å². The van der Waals surface area contributed by atoms with Crippen molar-refractivity contribution in [2.75, 3.05) is 0 Å². The molecule has 0 atom stereocenters. The summed E-state index contributed by atoms with van der Waals surface area (Å²) in [6.45, 7) is 11.0. The lowest BCUT2D eigenvalue weighted by Crippen LogP contribution is -2.33. The largest absolute Gasteiger partial charge is 0.179 e. The maximum Gasteiger partial charge on any atom is 0.0773 e. The Balaban J connectivity index is 2.78. The molecule has 0 unspecified atom stereocenters. The van der Waals surface area contributed by atoms with Gasteiger partial charge in [0.05, 0.1) is 17.9 Å². The summed E-state index contributed by atoms with van der Waals surface area (Å²) in [6, 6.07) is 0. The molecule has 0 N–H and O–H groups in total. The zero-order valence-corrected chi connectivity index (χ0v) is 9.20. The van der Waals surface area contributed by atoms with E-state index in [1.54, 1.807) is 17.2 Å². The molecular weight excluding hydrogens is 162 g/mol. The van der Waals surface area contributed by atoms with Gasteiger partial charge in [0, 0.05) is 0 Å². The van der Waals surface area contributed by atoms with Crippen LogP contribution in [-0.2, 0) is 5.54 Å². The topological polar surface area (TPSA) is 30.7 Å². The first-order chi connectivity index (χ1) is 5.81. The highest BCUT2D eigenvalue weighted by Gasteiger charge is 2.28. The Labute approximate surface area is 80.1 Å². The molecule has 74 valence electrons. The van der Waals surface area contributed by atoms with Gasteiger partial charge in [-0.3, -0.25) is 0 Å². The summed E-state index contributed by atoms with van der Waals surface area (Å²) in [4.78, 5) is 1.79. The lowest BCUT2D eigenvalue weighted by atomic mass is 9.82. The van der Waals surface area contributed by atoms with Gasteiger partial charge in [0.15, 0.2) is 0 Å². The van der Waals surface area contributed by atoms with Crippen molar-refractivity contribution < 1.29 is 0 Å². The molecule has 1 aromatic heterocycles. The van der Waals surface area contributed by atoms with Crippen LogP contribution in [0.1, 0.15) is 41.0 Å². The first kappa shape index (κ1) is 10.2. The van der Waals surface area contributed by atoms with Crippen LogP contribution in [0.2, 0.25) is 0 Å². The van der Waals surface area contributed by atoms with Gasteiger partial charge in [-0.2, -0.15) is 15.0 Å². The maximum atomic E-state index is 4.18. The zero-order valence-electron chi connectivity index (χ0n) is 9.20. The van der Waals surface area contributed by atoms with Crippen molar-refractivity contribution in [2.24, 2.45) is 5.41 Å². The summed E-state index contributed by atoms with van der Waals surface area (Å²) in [5.41, 5.74) is 0.304. The quantitative estimate of drug-likeness (QED) is 0.701. The second kappa shape index (κ2) is 3.13. The van der Waals surface area contributed by atoms with Crippen LogP contribution in [-0.4, -0.2) is 15.0 Å². The molecule has 0 bridgehead atoms. The molecule has 0 fully saturated rings. The van der Waals surface area contributed by atoms with Crippen LogP contribution in [0.25, 0.3) is 0 Å². The van der Waals surface area contributed by atoms with Gasteiger partial charge >= 0.3 is 0 Å². The molecule has 0 amide bonds. The van der Waals surface area contributed by atoms with Crippen LogP contribution in [0.5, 0.6) is 0 Å². The molecule has 0 saturated heterocycles. The van der Waals surface area contributed by atoms with Crippen LogP contribution in [0.15, 0.2) is 12.4 Å². The van der Waals surface area contributed by atoms with Crippen molar-refractivity contribution in [1.29, 1.82) is 0 Å². The Morgan fingerprint density at radius 3 is 1.85 bits per heavy atom. The zero-order chi connectivity index (χ0) is 10.1. The van der Waals surface area contributed by atoms with E-state index in [4.69, 9.17) is 0 Å². The monoisotopic (exact) mass is 181 g/mol. The Hall–Kier alpha value is -0.860. The Bertz CT molecular complexity index is 254. The molecule has 0 aliphatic heterocycles. The maximum absolute atomic E-state index is 4.18. The molecule has 0 radical (unpaired) electrons. The van der Waals surface area contributed by atoms with Crippen molar-refractivity contribution in [2.45, 2.75) is 46.6 Å². The van der Waals surface area contributed by atoms with Crippen LogP contribution in [0, 0.1) is 5.41 Å². The summed E-state index contributed by atoms with van der Waals surface area (Å²) in [6.07, 6.45) is 4.52. The number of nitrogens with zero attached hydrogens (tertiary/aromatic N) is 3. The van der Waals surface area contributed by atoms with Gasteiger partial charge < -0.3 is 0 Å². The molecule has 1 heterocycles. The first-order valence-electron chi connectivity index (χ1n) is 4.68. The van der Waals surface area contributed by atoms with E-state index in [9.17, 15) is 0 Å². The van der Waals surface area contributed by atoms with Gasteiger partial charge in [-0.15, -0.1) is 0 Å². The smallest absolute Gasteiger partial charge is 0.0773 e. The van der Waals surface area contributed by atoms with Gasteiger partial charge in [0.25, 0.3) is 0 Å². The fraction of sp³-hybridized carbons (Fsp3) is 0.800. The van der Waals surface area contributed by atoms with Crippen molar-refractivity contribution in [3.05, 3.63) is 12.4 Å². The minimum atomic E-state index is 0.00174. The number of hydrogen-bond donors (Lipinski definition) is 0. The number of rotatable bonds is 2. The lowest BCUT2D eigenvalue weighted by Gasteiger charge is -2.31. The molecular formula is C10H19N3. The van der Waals surface area contributed by atoms with E-state index < -0.39 is 0 Å². The SMILES string of the molecule is CC(C)(C)CC(C)(C)n1nccn1. The van der Waals surface area contributed by atoms with Crippen molar-refractivity contribution in [3.8, 4) is 0 Å². The summed E-state index contributed by atoms with van der Waals surface area (Å²) >= 11 is 0. The molecule has 0 spiro atoms. The van der Waals surface area contributed by atoms with E-state index >= 15 is 0 Å². The first-order valence-corrected chi connectivity index (χ1v) is 4.68. The predicted molar refractivity (Wildman–Crippen MR) is 53.4 cm³/mol. The van der Waals surface area contributed by atoms with E-state index in [1.165, 1.54) is 0 Å². The van der Waals surface area contributed by atoms with E-state index in [0.717, 1.165) is 6.42 Å². The fourth-order valence-electron chi connectivity index (χ4n) is 1.90. The molecule has 1 aromatic rings. The van der Waals surface area contributed by atoms with Crippen LogP contribution in [0.3, 0.4) is 0 Å². The molecule has 0 saturated carbocycles. The molecule has 3 nitrogen and oxygen atoms in total. The summed E-state index contributed by atoms with van der Waals surface area (Å²) in [5.74, 6) is 0. The Morgan fingerprint density at radius 1 is 1.00 bits per heavy atom. The third-order valence-corrected chi connectivity index (χ3v) is 1.92. The highest BCUT2D eigenvalue weighted by molar-refractivity contribution is 4.80. The molecule has 0 aliphatic carbocycles. The third-order valence-electron chi connectivity index (χ3n) is 1.92. The van der Waals surface area contributed by atoms with Crippen molar-refractivity contribution in [3.63, 3.8) is 0 Å². The van der Waals surface area contributed by atoms with E-state index in [-0.39, 0.29) is 5.54 Å². The predicted octanol–water partition coefficient (Wildman–Crippen LogP) is 2.45. The molecule has 0 aliphatic rings. The number of hydrogen-bond acceptors (Lipinski definition) is 2. The second-order valence-electron chi connectivity index (χ2n) is 5.37. The summed E-state index contributed by atoms with van der Waals surface area (Å²) in [5, 5.41) is 8.36. The average Bonchev–Trinajstić information content (AvgIpc) is 2.29. The third kappa shape index (κ3) is 2.83. The van der Waals surface area contributed by atoms with Gasteiger partial charge in [-0.05, 0) is 25.7 Å². The van der Waals surface area contributed by atoms with Crippen molar-refractivity contribution in [1.82, 2.24) is 15.0 Å². The second-order valence-corrected chi connectivity index (χ2v) is 5.37. The highest BCUT2D eigenvalue weighted by Crippen LogP contribution is 2.30. The van der Waals surface area contributed by atoms with Gasteiger partial charge in [-0.1, -0.05) is 20.8 Å². The molecule has 0 aromatic carbocycles. The standard InChI is InChI=1S/C10H19N3/c1-9(2,3)8-10(4,5)13-11-6-7-12-13/h6-7H,8H2,1-5H3. The molecule has 13 heavy (non-hydrogen) atoms. The van der Waals surface area contributed by atoms with Crippen LogP contribution in [0.4, 0.5) is 0 Å². The van der Waals surface area contributed by atoms with Crippen LogP contribution < -0.4 is 0 Å².